The SMILES string of the molecule is COc1cc(NC(=O)N2C[C@@H](CC(C)(C)C)C(C#N)(c3ccc(Cl)cc3F)[C@H]2c2cccc(Cl)c2F)ccc1C(=O)O. The van der Waals surface area contributed by atoms with Crippen LogP contribution in [0.4, 0.5) is 19.3 Å². The largest absolute Gasteiger partial charge is 0.496 e. The molecular weight excluding hydrogens is 587 g/mol. The number of carbonyl (C=O) groups is 2. The van der Waals surface area contributed by atoms with Gasteiger partial charge in [-0.15, -0.1) is 0 Å². The van der Waals surface area contributed by atoms with E-state index in [1.54, 1.807) is 0 Å². The zero-order chi connectivity index (χ0) is 31.0. The van der Waals surface area contributed by atoms with E-state index >= 15 is 8.78 Å². The van der Waals surface area contributed by atoms with Crippen molar-refractivity contribution >= 4 is 40.9 Å². The first-order valence-corrected chi connectivity index (χ1v) is 13.8. The molecule has 2 N–H and O–H groups in total. The fraction of sp³-hybridized carbons (Fsp3) is 0.323. The van der Waals surface area contributed by atoms with Gasteiger partial charge < -0.3 is 20.1 Å². The molecule has 2 amide bonds. The summed E-state index contributed by atoms with van der Waals surface area (Å²) in [5.41, 5.74) is -2.08. The standard InChI is InChI=1S/C31H29Cl2F2N3O4/c1-30(2,3)14-17-15-38(29(41)37-19-9-10-20(28(39)40)25(13-19)42-4)27(21-6-5-7-23(33)26(21)35)31(17,16-36)22-11-8-18(32)12-24(22)34/h5-13,17,27H,14-15H2,1-4H3,(H,37,41)(H,39,40)/t17-,27-,31?/m1/s1. The summed E-state index contributed by atoms with van der Waals surface area (Å²) in [5, 5.41) is 23.0. The molecule has 1 unspecified atom stereocenters. The topological polar surface area (TPSA) is 103 Å². The second-order valence-corrected chi connectivity index (χ2v) is 12.3. The summed E-state index contributed by atoms with van der Waals surface area (Å²) in [6.07, 6.45) is 0.381. The Bertz CT molecular complexity index is 1590. The number of nitrogens with zero attached hydrogens (tertiary/aromatic N) is 2. The van der Waals surface area contributed by atoms with Crippen molar-refractivity contribution in [1.29, 1.82) is 5.26 Å². The summed E-state index contributed by atoms with van der Waals surface area (Å²) in [5.74, 6) is -3.43. The Morgan fingerprint density at radius 1 is 1.17 bits per heavy atom. The second kappa shape index (κ2) is 11.8. The minimum absolute atomic E-state index is 0.0133. The minimum Gasteiger partial charge on any atom is -0.496 e. The highest BCUT2D eigenvalue weighted by molar-refractivity contribution is 6.31. The molecule has 0 aliphatic carbocycles. The van der Waals surface area contributed by atoms with Gasteiger partial charge in [-0.25, -0.2) is 18.4 Å². The summed E-state index contributed by atoms with van der Waals surface area (Å²) in [6, 6.07) is 12.5. The number of nitriles is 1. The van der Waals surface area contributed by atoms with Gasteiger partial charge in [0.15, 0.2) is 0 Å². The van der Waals surface area contributed by atoms with E-state index in [9.17, 15) is 20.0 Å². The minimum atomic E-state index is -1.74. The van der Waals surface area contributed by atoms with Gasteiger partial charge in [-0.05, 0) is 42.2 Å². The smallest absolute Gasteiger partial charge is 0.339 e. The number of nitrogens with one attached hydrogen (secondary N) is 1. The summed E-state index contributed by atoms with van der Waals surface area (Å²) < 4.78 is 36.7. The van der Waals surface area contributed by atoms with Crippen molar-refractivity contribution in [2.75, 3.05) is 19.0 Å². The third-order valence-electron chi connectivity index (χ3n) is 7.44. The number of carbonyl (C=O) groups excluding carboxylic acids is 1. The highest BCUT2D eigenvalue weighted by Gasteiger charge is 2.60. The number of likely N-dealkylation sites (tertiary alicyclic amines) is 1. The van der Waals surface area contributed by atoms with Crippen LogP contribution in [-0.2, 0) is 5.41 Å². The van der Waals surface area contributed by atoms with Crippen molar-refractivity contribution in [1.82, 2.24) is 4.90 Å². The number of anilines is 1. The first kappa shape index (κ1) is 31.1. The molecular formula is C31H29Cl2F2N3O4. The van der Waals surface area contributed by atoms with Crippen LogP contribution in [0.3, 0.4) is 0 Å². The molecule has 0 bridgehead atoms. The fourth-order valence-electron chi connectivity index (χ4n) is 5.81. The summed E-state index contributed by atoms with van der Waals surface area (Å²) in [6.45, 7) is 5.85. The lowest BCUT2D eigenvalue weighted by atomic mass is 9.63. The molecule has 7 nitrogen and oxygen atoms in total. The van der Waals surface area contributed by atoms with E-state index in [1.165, 1.54) is 60.5 Å². The number of rotatable bonds is 6. The average molecular weight is 616 g/mol. The predicted molar refractivity (Wildman–Crippen MR) is 156 cm³/mol. The van der Waals surface area contributed by atoms with Crippen LogP contribution < -0.4 is 10.1 Å². The van der Waals surface area contributed by atoms with E-state index in [0.29, 0.717) is 6.42 Å². The van der Waals surface area contributed by atoms with Gasteiger partial charge in [0.2, 0.25) is 0 Å². The number of methoxy groups -OCH3 is 1. The van der Waals surface area contributed by atoms with Crippen LogP contribution in [0.1, 0.15) is 54.7 Å². The van der Waals surface area contributed by atoms with Gasteiger partial charge in [-0.1, -0.05) is 62.2 Å². The van der Waals surface area contributed by atoms with Gasteiger partial charge in [0.05, 0.1) is 24.2 Å². The number of halogens is 4. The Labute approximate surface area is 252 Å². The van der Waals surface area contributed by atoms with Crippen molar-refractivity contribution in [3.8, 4) is 11.8 Å². The molecule has 3 aromatic rings. The third kappa shape index (κ3) is 5.74. The molecule has 1 aliphatic rings. The quantitative estimate of drug-likeness (QED) is 0.292. The van der Waals surface area contributed by atoms with Crippen LogP contribution >= 0.6 is 23.2 Å². The molecule has 1 heterocycles. The zero-order valence-electron chi connectivity index (χ0n) is 23.3. The number of aromatic carboxylic acids is 1. The number of urea groups is 1. The van der Waals surface area contributed by atoms with Gasteiger partial charge >= 0.3 is 12.0 Å². The molecule has 4 rings (SSSR count). The van der Waals surface area contributed by atoms with E-state index < -0.39 is 41.0 Å². The number of carboxylic acids is 1. The van der Waals surface area contributed by atoms with Crippen LogP contribution in [0.2, 0.25) is 10.0 Å². The van der Waals surface area contributed by atoms with Gasteiger partial charge in [0.1, 0.15) is 28.4 Å². The highest BCUT2D eigenvalue weighted by Crippen LogP contribution is 2.56. The molecule has 1 aliphatic heterocycles. The number of hydrogen-bond acceptors (Lipinski definition) is 4. The van der Waals surface area contributed by atoms with Gasteiger partial charge in [-0.3, -0.25) is 0 Å². The molecule has 42 heavy (non-hydrogen) atoms. The number of amides is 2. The van der Waals surface area contributed by atoms with Gasteiger partial charge in [-0.2, -0.15) is 5.26 Å². The summed E-state index contributed by atoms with van der Waals surface area (Å²) in [7, 11) is 1.30. The molecule has 220 valence electrons. The predicted octanol–water partition coefficient (Wildman–Crippen LogP) is 8.08. The van der Waals surface area contributed by atoms with Crippen LogP contribution in [0.25, 0.3) is 0 Å². The molecule has 1 saturated heterocycles. The van der Waals surface area contributed by atoms with Crippen LogP contribution in [0.5, 0.6) is 5.75 Å². The molecule has 11 heteroatoms. The first-order valence-electron chi connectivity index (χ1n) is 13.0. The monoisotopic (exact) mass is 615 g/mol. The zero-order valence-corrected chi connectivity index (χ0v) is 24.9. The van der Waals surface area contributed by atoms with Crippen LogP contribution in [0.15, 0.2) is 54.6 Å². The molecule has 0 aromatic heterocycles. The lowest BCUT2D eigenvalue weighted by Crippen LogP contribution is -2.42. The molecule has 0 radical (unpaired) electrons. The van der Waals surface area contributed by atoms with Crippen molar-refractivity contribution in [3.63, 3.8) is 0 Å². The van der Waals surface area contributed by atoms with E-state index in [-0.39, 0.29) is 50.1 Å². The molecule has 0 spiro atoms. The Morgan fingerprint density at radius 3 is 2.48 bits per heavy atom. The normalized spacial score (nSPS) is 20.2. The third-order valence-corrected chi connectivity index (χ3v) is 7.97. The van der Waals surface area contributed by atoms with Crippen molar-refractivity contribution in [2.45, 2.75) is 38.6 Å². The number of benzene rings is 3. The average Bonchev–Trinajstić information content (AvgIpc) is 3.23. The summed E-state index contributed by atoms with van der Waals surface area (Å²) >= 11 is 12.2. The Morgan fingerprint density at radius 2 is 1.88 bits per heavy atom. The van der Waals surface area contributed by atoms with Crippen molar-refractivity contribution in [2.24, 2.45) is 11.3 Å². The van der Waals surface area contributed by atoms with Crippen molar-refractivity contribution < 1.29 is 28.2 Å². The van der Waals surface area contributed by atoms with Gasteiger partial charge in [0.25, 0.3) is 0 Å². The molecule has 1 fully saturated rings. The molecule has 3 atom stereocenters. The number of hydrogen-bond donors (Lipinski definition) is 2. The maximum absolute atomic E-state index is 15.8. The maximum atomic E-state index is 15.8. The van der Waals surface area contributed by atoms with Crippen LogP contribution in [0, 0.1) is 34.3 Å². The molecule has 3 aromatic carbocycles. The highest BCUT2D eigenvalue weighted by atomic mass is 35.5. The number of ether oxygens (including phenoxy) is 1. The lowest BCUT2D eigenvalue weighted by Gasteiger charge is -2.38. The van der Waals surface area contributed by atoms with E-state index in [0.717, 1.165) is 6.07 Å². The van der Waals surface area contributed by atoms with E-state index in [4.69, 9.17) is 27.9 Å². The van der Waals surface area contributed by atoms with E-state index in [1.807, 2.05) is 20.8 Å². The molecule has 0 saturated carbocycles. The van der Waals surface area contributed by atoms with E-state index in [2.05, 4.69) is 11.4 Å². The Kier molecular flexibility index (Phi) is 8.72. The summed E-state index contributed by atoms with van der Waals surface area (Å²) in [4.78, 5) is 26.8. The number of carboxylic acid groups (broad SMARTS) is 1. The van der Waals surface area contributed by atoms with Crippen LogP contribution in [-0.4, -0.2) is 35.7 Å². The van der Waals surface area contributed by atoms with Gasteiger partial charge in [0, 0.05) is 40.4 Å². The maximum Gasteiger partial charge on any atom is 0.339 e. The lowest BCUT2D eigenvalue weighted by molar-refractivity contribution is 0.0693. The second-order valence-electron chi connectivity index (χ2n) is 11.4. The Hall–Kier alpha value is -3.87. The Balaban J connectivity index is 1.93. The van der Waals surface area contributed by atoms with Crippen molar-refractivity contribution in [3.05, 3.63) is 93.0 Å². The fourth-order valence-corrected chi connectivity index (χ4v) is 6.15. The first-order chi connectivity index (χ1) is 19.7.